The van der Waals surface area contributed by atoms with Crippen LogP contribution in [0.4, 0.5) is 5.13 Å². The van der Waals surface area contributed by atoms with E-state index in [0.717, 1.165) is 25.6 Å². The molecule has 1 amide bonds. The Labute approximate surface area is 134 Å². The summed E-state index contributed by atoms with van der Waals surface area (Å²) in [4.78, 5) is 16.0. The van der Waals surface area contributed by atoms with Crippen molar-refractivity contribution in [1.82, 2.24) is 4.98 Å². The molecular formula is C11H9Br3N2OS. The molecule has 0 unspecified atom stereocenters. The fourth-order valence-electron chi connectivity index (χ4n) is 1.38. The number of alkyl halides is 1. The van der Waals surface area contributed by atoms with Gasteiger partial charge in [0.05, 0.1) is 15.0 Å². The molecule has 1 aromatic heterocycles. The number of hydrogen-bond donors (Lipinski definition) is 1. The molecule has 0 saturated heterocycles. The van der Waals surface area contributed by atoms with Crippen LogP contribution in [-0.4, -0.2) is 15.7 Å². The summed E-state index contributed by atoms with van der Waals surface area (Å²) in [6, 6.07) is 3.92. The molecule has 0 fully saturated rings. The molecule has 3 nitrogen and oxygen atoms in total. The number of amides is 1. The zero-order valence-corrected chi connectivity index (χ0v) is 14.9. The van der Waals surface area contributed by atoms with E-state index >= 15 is 0 Å². The predicted molar refractivity (Wildman–Crippen MR) is 86.7 cm³/mol. The van der Waals surface area contributed by atoms with E-state index in [9.17, 15) is 4.79 Å². The molecule has 96 valence electrons. The molecule has 18 heavy (non-hydrogen) atoms. The number of rotatable bonds is 3. The number of nitrogens with zero attached hydrogens (tertiary/aromatic N) is 1. The van der Waals surface area contributed by atoms with Gasteiger partial charge in [0, 0.05) is 8.95 Å². The molecule has 0 radical (unpaired) electrons. The second-order valence-corrected chi connectivity index (χ2v) is 7.52. The smallest absolute Gasteiger partial charge is 0.239 e. The van der Waals surface area contributed by atoms with Crippen LogP contribution in [0.2, 0.25) is 0 Å². The normalized spacial score (nSPS) is 12.7. The number of benzene rings is 1. The quantitative estimate of drug-likeness (QED) is 0.665. The van der Waals surface area contributed by atoms with E-state index in [-0.39, 0.29) is 10.7 Å². The summed E-state index contributed by atoms with van der Waals surface area (Å²) < 4.78 is 2.92. The predicted octanol–water partition coefficient (Wildman–Crippen LogP) is 4.93. The van der Waals surface area contributed by atoms with Crippen LogP contribution >= 0.6 is 59.1 Å². The van der Waals surface area contributed by atoms with Crippen molar-refractivity contribution in [1.29, 1.82) is 0 Å². The topological polar surface area (TPSA) is 42.0 Å². The summed E-state index contributed by atoms with van der Waals surface area (Å²) >= 11 is 11.7. The summed E-state index contributed by atoms with van der Waals surface area (Å²) in [5.41, 5.74) is 0.862. The lowest BCUT2D eigenvalue weighted by Crippen LogP contribution is -2.21. The molecule has 0 aliphatic heterocycles. The van der Waals surface area contributed by atoms with Crippen LogP contribution in [0.25, 0.3) is 10.2 Å². The first-order valence-corrected chi connectivity index (χ1v) is 8.53. The fraction of sp³-hybridized carbons (Fsp3) is 0.273. The van der Waals surface area contributed by atoms with Crippen LogP contribution in [0.1, 0.15) is 13.3 Å². The second kappa shape index (κ2) is 5.98. The van der Waals surface area contributed by atoms with Crippen LogP contribution in [-0.2, 0) is 4.79 Å². The molecule has 7 heteroatoms. The summed E-state index contributed by atoms with van der Waals surface area (Å²) in [6.07, 6.45) is 0.742. The van der Waals surface area contributed by atoms with Gasteiger partial charge in [-0.3, -0.25) is 4.79 Å². The number of aromatic nitrogens is 1. The molecule has 0 bridgehead atoms. The summed E-state index contributed by atoms with van der Waals surface area (Å²) in [5.74, 6) is -0.0632. The van der Waals surface area contributed by atoms with Crippen molar-refractivity contribution in [2.45, 2.75) is 18.2 Å². The van der Waals surface area contributed by atoms with Gasteiger partial charge >= 0.3 is 0 Å². The lowest BCUT2D eigenvalue weighted by molar-refractivity contribution is -0.115. The molecule has 0 aliphatic rings. The number of carbonyl (C=O) groups is 1. The summed E-state index contributed by atoms with van der Waals surface area (Å²) in [6.45, 7) is 1.95. The van der Waals surface area contributed by atoms with Crippen molar-refractivity contribution in [3.8, 4) is 0 Å². The lowest BCUT2D eigenvalue weighted by atomic mass is 10.3. The third-order valence-corrected chi connectivity index (χ3v) is 5.33. The van der Waals surface area contributed by atoms with Crippen molar-refractivity contribution in [2.24, 2.45) is 0 Å². The van der Waals surface area contributed by atoms with Gasteiger partial charge in [-0.1, -0.05) is 50.1 Å². The minimum Gasteiger partial charge on any atom is -0.301 e. The van der Waals surface area contributed by atoms with Crippen molar-refractivity contribution in [2.75, 3.05) is 5.32 Å². The monoisotopic (exact) mass is 454 g/mol. The van der Waals surface area contributed by atoms with Crippen LogP contribution in [0.5, 0.6) is 0 Å². The Hall–Kier alpha value is 0.0200. The minimum atomic E-state index is -0.181. The van der Waals surface area contributed by atoms with E-state index in [1.165, 1.54) is 11.3 Å². The fourth-order valence-corrected chi connectivity index (χ4v) is 4.03. The highest BCUT2D eigenvalue weighted by atomic mass is 79.9. The Kier molecular flexibility index (Phi) is 4.80. The van der Waals surface area contributed by atoms with E-state index in [1.54, 1.807) is 0 Å². The van der Waals surface area contributed by atoms with Gasteiger partial charge in [-0.2, -0.15) is 0 Å². The van der Waals surface area contributed by atoms with Crippen LogP contribution in [0, 0.1) is 0 Å². The van der Waals surface area contributed by atoms with Gasteiger partial charge in [-0.15, -0.1) is 0 Å². The van der Waals surface area contributed by atoms with E-state index in [4.69, 9.17) is 0 Å². The average molecular weight is 457 g/mol. The maximum absolute atomic E-state index is 11.8. The average Bonchev–Trinajstić information content (AvgIpc) is 2.70. The third kappa shape index (κ3) is 3.12. The van der Waals surface area contributed by atoms with Crippen molar-refractivity contribution < 1.29 is 4.79 Å². The zero-order valence-electron chi connectivity index (χ0n) is 9.34. The standard InChI is InChI=1S/C11H9Br3N2OS/c1-2-6(13)10(17)16-11-15-9-7(14)3-5(12)4-8(9)18-11/h3-4,6H,2H2,1H3,(H,15,16,17)/t6-/m1/s1. The van der Waals surface area contributed by atoms with E-state index in [1.807, 2.05) is 19.1 Å². The molecule has 1 atom stereocenters. The highest BCUT2D eigenvalue weighted by Gasteiger charge is 2.15. The van der Waals surface area contributed by atoms with Crippen LogP contribution in [0.15, 0.2) is 21.1 Å². The Balaban J connectivity index is 2.31. The van der Waals surface area contributed by atoms with Gasteiger partial charge in [0.2, 0.25) is 5.91 Å². The van der Waals surface area contributed by atoms with Crippen LogP contribution < -0.4 is 5.32 Å². The summed E-state index contributed by atoms with van der Waals surface area (Å²) in [7, 11) is 0. The Morgan fingerprint density at radius 2 is 2.22 bits per heavy atom. The Morgan fingerprint density at radius 3 is 2.89 bits per heavy atom. The molecule has 1 aromatic carbocycles. The number of anilines is 1. The van der Waals surface area contributed by atoms with E-state index in [2.05, 4.69) is 58.1 Å². The molecule has 2 aromatic rings. The Morgan fingerprint density at radius 1 is 1.50 bits per heavy atom. The number of hydrogen-bond acceptors (Lipinski definition) is 3. The lowest BCUT2D eigenvalue weighted by Gasteiger charge is -2.04. The van der Waals surface area contributed by atoms with Gasteiger partial charge < -0.3 is 5.32 Å². The summed E-state index contributed by atoms with van der Waals surface area (Å²) in [5, 5.41) is 3.43. The number of halogens is 3. The first kappa shape index (κ1) is 14.4. The number of nitrogens with one attached hydrogen (secondary N) is 1. The first-order valence-electron chi connectivity index (χ1n) is 5.21. The SMILES string of the molecule is CC[C@@H](Br)C(=O)Nc1nc2c(Br)cc(Br)cc2s1. The molecular weight excluding hydrogens is 448 g/mol. The molecule has 1 N–H and O–H groups in total. The van der Waals surface area contributed by atoms with Gasteiger partial charge in [-0.25, -0.2) is 4.98 Å². The first-order chi connectivity index (χ1) is 8.51. The van der Waals surface area contributed by atoms with Gasteiger partial charge in [0.15, 0.2) is 5.13 Å². The highest BCUT2D eigenvalue weighted by molar-refractivity contribution is 9.11. The molecule has 2 rings (SSSR count). The molecule has 1 heterocycles. The number of fused-ring (bicyclic) bond motifs is 1. The number of thiazole rings is 1. The van der Waals surface area contributed by atoms with Gasteiger partial charge in [0.1, 0.15) is 0 Å². The molecule has 0 aliphatic carbocycles. The van der Waals surface area contributed by atoms with Crippen LogP contribution in [0.3, 0.4) is 0 Å². The van der Waals surface area contributed by atoms with E-state index in [0.29, 0.717) is 5.13 Å². The maximum Gasteiger partial charge on any atom is 0.239 e. The zero-order chi connectivity index (χ0) is 13.3. The Bertz CT molecular complexity index is 599. The van der Waals surface area contributed by atoms with Crippen molar-refractivity contribution in [3.05, 3.63) is 21.1 Å². The third-order valence-electron chi connectivity index (χ3n) is 2.29. The maximum atomic E-state index is 11.8. The van der Waals surface area contributed by atoms with Crippen molar-refractivity contribution in [3.63, 3.8) is 0 Å². The van der Waals surface area contributed by atoms with Gasteiger partial charge in [0.25, 0.3) is 0 Å². The minimum absolute atomic E-state index is 0.0632. The van der Waals surface area contributed by atoms with Gasteiger partial charge in [-0.05, 0) is 34.5 Å². The highest BCUT2D eigenvalue weighted by Crippen LogP contribution is 2.34. The number of carbonyl (C=O) groups excluding carboxylic acids is 1. The largest absolute Gasteiger partial charge is 0.301 e. The van der Waals surface area contributed by atoms with Crippen molar-refractivity contribution >= 4 is 80.4 Å². The second-order valence-electron chi connectivity index (χ2n) is 3.62. The van der Waals surface area contributed by atoms with E-state index < -0.39 is 0 Å². The molecule has 0 spiro atoms. The molecule has 0 saturated carbocycles.